The molecule has 1 amide bonds. The van der Waals surface area contributed by atoms with Crippen molar-refractivity contribution in [3.05, 3.63) is 66.2 Å². The van der Waals surface area contributed by atoms with E-state index in [1.807, 2.05) is 29.2 Å². The minimum atomic E-state index is -3.80. The van der Waals surface area contributed by atoms with Gasteiger partial charge in [0.15, 0.2) is 0 Å². The summed E-state index contributed by atoms with van der Waals surface area (Å²) in [5.41, 5.74) is 0.753. The van der Waals surface area contributed by atoms with Crippen LogP contribution in [0.15, 0.2) is 65.6 Å². The van der Waals surface area contributed by atoms with Crippen molar-refractivity contribution < 1.29 is 17.9 Å². The number of rotatable bonds is 3. The standard InChI is InChI=1S/C24H24N2O4S/c27-24-22-16-19(9-11-23(22)30-14-12-20-7-3-4-13-26(20)24)25-31(28,29)21-10-8-17-5-1-2-6-18(17)15-21/h1-2,5-6,8-11,15-16,20,25H,3-4,7,12-14H2. The molecule has 7 heteroatoms. The van der Waals surface area contributed by atoms with Gasteiger partial charge >= 0.3 is 0 Å². The molecule has 1 saturated heterocycles. The molecule has 2 heterocycles. The number of carbonyl (C=O) groups excluding carboxylic acids is 1. The maximum absolute atomic E-state index is 13.2. The summed E-state index contributed by atoms with van der Waals surface area (Å²) < 4.78 is 34.5. The highest BCUT2D eigenvalue weighted by molar-refractivity contribution is 7.92. The second kappa shape index (κ2) is 7.89. The van der Waals surface area contributed by atoms with Gasteiger partial charge in [0.05, 0.1) is 17.1 Å². The van der Waals surface area contributed by atoms with E-state index in [1.165, 1.54) is 0 Å². The Hall–Kier alpha value is -3.06. The van der Waals surface area contributed by atoms with Gasteiger partial charge in [-0.1, -0.05) is 30.3 Å². The van der Waals surface area contributed by atoms with Crippen molar-refractivity contribution in [3.63, 3.8) is 0 Å². The van der Waals surface area contributed by atoms with Gasteiger partial charge in [0.25, 0.3) is 15.9 Å². The fourth-order valence-corrected chi connectivity index (χ4v) is 5.55. The third kappa shape index (κ3) is 3.85. The van der Waals surface area contributed by atoms with Crippen LogP contribution in [0.1, 0.15) is 36.0 Å². The van der Waals surface area contributed by atoms with E-state index in [4.69, 9.17) is 4.74 Å². The lowest BCUT2D eigenvalue weighted by molar-refractivity contribution is 0.0548. The van der Waals surface area contributed by atoms with E-state index >= 15 is 0 Å². The van der Waals surface area contributed by atoms with Gasteiger partial charge in [-0.3, -0.25) is 9.52 Å². The molecule has 3 aromatic rings. The fourth-order valence-electron chi connectivity index (χ4n) is 4.46. The molecule has 0 aliphatic carbocycles. The summed E-state index contributed by atoms with van der Waals surface area (Å²) in [5.74, 6) is 0.411. The summed E-state index contributed by atoms with van der Waals surface area (Å²) in [7, 11) is -3.80. The Bertz CT molecular complexity index is 1260. The smallest absolute Gasteiger partial charge is 0.261 e. The highest BCUT2D eigenvalue weighted by Gasteiger charge is 2.31. The number of ether oxygens (including phenoxy) is 1. The molecule has 0 saturated carbocycles. The second-order valence-electron chi connectivity index (χ2n) is 8.11. The molecule has 0 spiro atoms. The molecule has 0 aromatic heterocycles. The first-order valence-corrected chi connectivity index (χ1v) is 12.1. The number of carbonyl (C=O) groups is 1. The third-order valence-electron chi connectivity index (χ3n) is 6.09. The van der Waals surface area contributed by atoms with E-state index in [-0.39, 0.29) is 16.8 Å². The number of amides is 1. The third-order valence-corrected chi connectivity index (χ3v) is 7.47. The van der Waals surface area contributed by atoms with Gasteiger partial charge in [0.2, 0.25) is 0 Å². The molecule has 1 N–H and O–H groups in total. The number of hydrogen-bond acceptors (Lipinski definition) is 4. The Morgan fingerprint density at radius 2 is 1.77 bits per heavy atom. The minimum absolute atomic E-state index is 0.0915. The van der Waals surface area contributed by atoms with Gasteiger partial charge in [-0.25, -0.2) is 8.42 Å². The molecule has 160 valence electrons. The van der Waals surface area contributed by atoms with E-state index < -0.39 is 10.0 Å². The predicted octanol–water partition coefficient (Wildman–Crippen LogP) is 4.42. The van der Waals surface area contributed by atoms with Gasteiger partial charge in [-0.05, 0) is 60.4 Å². The van der Waals surface area contributed by atoms with E-state index in [9.17, 15) is 13.2 Å². The number of sulfonamides is 1. The van der Waals surface area contributed by atoms with Crippen LogP contribution in [0, 0.1) is 0 Å². The normalized spacial score (nSPS) is 19.0. The molecule has 1 unspecified atom stereocenters. The number of piperidine rings is 1. The summed E-state index contributed by atoms with van der Waals surface area (Å²) >= 11 is 0. The molecule has 6 nitrogen and oxygen atoms in total. The van der Waals surface area contributed by atoms with Crippen molar-refractivity contribution >= 4 is 32.4 Å². The van der Waals surface area contributed by atoms with Crippen molar-refractivity contribution in [2.75, 3.05) is 17.9 Å². The molecule has 0 bridgehead atoms. The van der Waals surface area contributed by atoms with Gasteiger partial charge in [-0.15, -0.1) is 0 Å². The molecule has 1 fully saturated rings. The van der Waals surface area contributed by atoms with Crippen molar-refractivity contribution in [1.82, 2.24) is 4.90 Å². The van der Waals surface area contributed by atoms with Crippen LogP contribution >= 0.6 is 0 Å². The maximum Gasteiger partial charge on any atom is 0.261 e. The molecule has 2 aliphatic heterocycles. The molecule has 2 aliphatic rings. The molecule has 5 rings (SSSR count). The fraction of sp³-hybridized carbons (Fsp3) is 0.292. The number of benzene rings is 3. The Balaban J connectivity index is 1.46. The minimum Gasteiger partial charge on any atom is -0.493 e. The molecule has 31 heavy (non-hydrogen) atoms. The lowest BCUT2D eigenvalue weighted by Gasteiger charge is -2.37. The van der Waals surface area contributed by atoms with Crippen LogP contribution in [0.2, 0.25) is 0 Å². The molecule has 3 aromatic carbocycles. The summed E-state index contributed by atoms with van der Waals surface area (Å²) in [6.07, 6.45) is 3.92. The van der Waals surface area contributed by atoms with Gasteiger partial charge in [0.1, 0.15) is 5.75 Å². The van der Waals surface area contributed by atoms with Crippen LogP contribution < -0.4 is 9.46 Å². The first-order valence-electron chi connectivity index (χ1n) is 10.6. The van der Waals surface area contributed by atoms with E-state index in [2.05, 4.69) is 4.72 Å². The molecular weight excluding hydrogens is 412 g/mol. The number of anilines is 1. The highest BCUT2D eigenvalue weighted by atomic mass is 32.2. The van der Waals surface area contributed by atoms with Crippen LogP contribution in [-0.4, -0.2) is 38.4 Å². The Kier molecular flexibility index (Phi) is 5.06. The lowest BCUT2D eigenvalue weighted by atomic mass is 9.97. The maximum atomic E-state index is 13.2. The number of nitrogens with zero attached hydrogens (tertiary/aromatic N) is 1. The largest absolute Gasteiger partial charge is 0.493 e. The Morgan fingerprint density at radius 3 is 2.65 bits per heavy atom. The van der Waals surface area contributed by atoms with Crippen LogP contribution in [0.5, 0.6) is 5.75 Å². The van der Waals surface area contributed by atoms with Gasteiger partial charge < -0.3 is 9.64 Å². The summed E-state index contributed by atoms with van der Waals surface area (Å²) in [4.78, 5) is 15.3. The monoisotopic (exact) mass is 436 g/mol. The average Bonchev–Trinajstić information content (AvgIpc) is 2.78. The summed E-state index contributed by atoms with van der Waals surface area (Å²) in [5, 5.41) is 1.82. The zero-order valence-corrected chi connectivity index (χ0v) is 17.9. The summed E-state index contributed by atoms with van der Waals surface area (Å²) in [6.45, 7) is 1.28. The van der Waals surface area contributed by atoms with E-state index in [1.54, 1.807) is 36.4 Å². The van der Waals surface area contributed by atoms with Crippen molar-refractivity contribution in [1.29, 1.82) is 0 Å². The molecule has 0 radical (unpaired) electrons. The van der Waals surface area contributed by atoms with Crippen molar-refractivity contribution in [2.45, 2.75) is 36.6 Å². The molecular formula is C24H24N2O4S. The zero-order chi connectivity index (χ0) is 21.4. The van der Waals surface area contributed by atoms with Crippen LogP contribution in [-0.2, 0) is 10.0 Å². The van der Waals surface area contributed by atoms with Crippen molar-refractivity contribution in [2.24, 2.45) is 0 Å². The quantitative estimate of drug-likeness (QED) is 0.660. The van der Waals surface area contributed by atoms with Crippen LogP contribution in [0.4, 0.5) is 5.69 Å². The lowest BCUT2D eigenvalue weighted by Crippen LogP contribution is -2.45. The average molecular weight is 437 g/mol. The predicted molar refractivity (Wildman–Crippen MR) is 120 cm³/mol. The SMILES string of the molecule is O=C1c2cc(NS(=O)(=O)c3ccc4ccccc4c3)ccc2OCCC2CCCCN12. The topological polar surface area (TPSA) is 75.7 Å². The van der Waals surface area contributed by atoms with Crippen LogP contribution in [0.3, 0.4) is 0 Å². The second-order valence-corrected chi connectivity index (χ2v) is 9.79. The molecule has 1 atom stereocenters. The Morgan fingerprint density at radius 1 is 0.935 bits per heavy atom. The Labute approximate surface area is 181 Å². The van der Waals surface area contributed by atoms with E-state index in [0.717, 1.165) is 43.0 Å². The number of fused-ring (bicyclic) bond motifs is 3. The first kappa shape index (κ1) is 19.9. The van der Waals surface area contributed by atoms with Gasteiger partial charge in [-0.2, -0.15) is 0 Å². The first-order chi connectivity index (χ1) is 15.0. The zero-order valence-electron chi connectivity index (χ0n) is 17.1. The highest BCUT2D eigenvalue weighted by Crippen LogP contribution is 2.31. The van der Waals surface area contributed by atoms with E-state index in [0.29, 0.717) is 23.6 Å². The number of hydrogen-bond donors (Lipinski definition) is 1. The van der Waals surface area contributed by atoms with Crippen LogP contribution in [0.25, 0.3) is 10.8 Å². The summed E-state index contributed by atoms with van der Waals surface area (Å²) in [6, 6.07) is 17.7. The van der Waals surface area contributed by atoms with Gasteiger partial charge in [0, 0.05) is 24.7 Å². The van der Waals surface area contributed by atoms with Crippen molar-refractivity contribution in [3.8, 4) is 5.75 Å². The number of nitrogens with one attached hydrogen (secondary N) is 1.